The van der Waals surface area contributed by atoms with E-state index in [0.29, 0.717) is 19.6 Å². The standard InChI is InChI=1S/C16H24N2O3/c1-16(2,3)14-11-17(9-10-18(14)15(19)20)12-5-7-13(21-4)8-6-12/h5-8,14H,9-11H2,1-4H3,(H,19,20). The van der Waals surface area contributed by atoms with Crippen LogP contribution in [0.15, 0.2) is 24.3 Å². The van der Waals surface area contributed by atoms with Crippen LogP contribution in [0.25, 0.3) is 0 Å². The highest BCUT2D eigenvalue weighted by Gasteiger charge is 2.37. The van der Waals surface area contributed by atoms with Crippen LogP contribution in [0, 0.1) is 5.41 Å². The largest absolute Gasteiger partial charge is 0.497 e. The summed E-state index contributed by atoms with van der Waals surface area (Å²) in [7, 11) is 1.65. The lowest BCUT2D eigenvalue weighted by molar-refractivity contribution is 0.0748. The smallest absolute Gasteiger partial charge is 0.407 e. The van der Waals surface area contributed by atoms with Crippen LogP contribution in [0.1, 0.15) is 20.8 Å². The summed E-state index contributed by atoms with van der Waals surface area (Å²) in [5.41, 5.74) is 1.01. The molecule has 1 amide bonds. The monoisotopic (exact) mass is 292 g/mol. The Balaban J connectivity index is 2.18. The summed E-state index contributed by atoms with van der Waals surface area (Å²) < 4.78 is 5.18. The van der Waals surface area contributed by atoms with Crippen molar-refractivity contribution >= 4 is 11.8 Å². The van der Waals surface area contributed by atoms with Crippen LogP contribution in [0.3, 0.4) is 0 Å². The van der Waals surface area contributed by atoms with Gasteiger partial charge in [-0.25, -0.2) is 4.79 Å². The fourth-order valence-electron chi connectivity index (χ4n) is 2.78. The molecule has 5 nitrogen and oxygen atoms in total. The number of benzene rings is 1. The number of ether oxygens (including phenoxy) is 1. The van der Waals surface area contributed by atoms with Crippen molar-refractivity contribution in [1.82, 2.24) is 4.90 Å². The third kappa shape index (κ3) is 3.40. The summed E-state index contributed by atoms with van der Waals surface area (Å²) in [5, 5.41) is 9.39. The normalized spacial score (nSPS) is 19.5. The Hall–Kier alpha value is -1.91. The maximum atomic E-state index is 11.4. The third-order valence-electron chi connectivity index (χ3n) is 4.06. The van der Waals surface area contributed by atoms with E-state index in [1.165, 1.54) is 0 Å². The van der Waals surface area contributed by atoms with Gasteiger partial charge in [0.25, 0.3) is 0 Å². The summed E-state index contributed by atoms with van der Waals surface area (Å²) in [6, 6.07) is 7.89. The molecule has 0 spiro atoms. The maximum absolute atomic E-state index is 11.4. The zero-order chi connectivity index (χ0) is 15.6. The third-order valence-corrected chi connectivity index (χ3v) is 4.06. The van der Waals surface area contributed by atoms with Gasteiger partial charge in [-0.05, 0) is 29.7 Å². The Morgan fingerprint density at radius 3 is 2.33 bits per heavy atom. The summed E-state index contributed by atoms with van der Waals surface area (Å²) in [6.07, 6.45) is -0.829. The lowest BCUT2D eigenvalue weighted by atomic mass is 9.84. The lowest BCUT2D eigenvalue weighted by Gasteiger charge is -2.46. The van der Waals surface area contributed by atoms with Crippen molar-refractivity contribution in [3.63, 3.8) is 0 Å². The molecule has 0 aromatic heterocycles. The van der Waals surface area contributed by atoms with E-state index in [9.17, 15) is 9.90 Å². The second-order valence-corrected chi connectivity index (χ2v) is 6.50. The number of nitrogens with zero attached hydrogens (tertiary/aromatic N) is 2. The molecule has 0 radical (unpaired) electrons. The van der Waals surface area contributed by atoms with Crippen molar-refractivity contribution in [3.05, 3.63) is 24.3 Å². The molecular weight excluding hydrogens is 268 g/mol. The molecule has 0 aliphatic carbocycles. The Labute approximate surface area is 126 Å². The van der Waals surface area contributed by atoms with Crippen LogP contribution in [0.5, 0.6) is 5.75 Å². The van der Waals surface area contributed by atoms with E-state index in [2.05, 4.69) is 25.7 Å². The minimum Gasteiger partial charge on any atom is -0.497 e. The van der Waals surface area contributed by atoms with Crippen molar-refractivity contribution in [3.8, 4) is 5.75 Å². The van der Waals surface area contributed by atoms with Gasteiger partial charge in [-0.3, -0.25) is 0 Å². The van der Waals surface area contributed by atoms with Crippen molar-refractivity contribution in [1.29, 1.82) is 0 Å². The molecule has 1 atom stereocenters. The number of hydrogen-bond acceptors (Lipinski definition) is 3. The Morgan fingerprint density at radius 1 is 1.24 bits per heavy atom. The molecule has 1 unspecified atom stereocenters. The second-order valence-electron chi connectivity index (χ2n) is 6.50. The molecule has 21 heavy (non-hydrogen) atoms. The average molecular weight is 292 g/mol. The van der Waals surface area contributed by atoms with Gasteiger partial charge in [0, 0.05) is 25.3 Å². The van der Waals surface area contributed by atoms with E-state index in [4.69, 9.17) is 4.74 Å². The summed E-state index contributed by atoms with van der Waals surface area (Å²) >= 11 is 0. The van der Waals surface area contributed by atoms with Gasteiger partial charge in [-0.15, -0.1) is 0 Å². The maximum Gasteiger partial charge on any atom is 0.407 e. The quantitative estimate of drug-likeness (QED) is 0.910. The molecule has 1 N–H and O–H groups in total. The molecule has 1 heterocycles. The first-order valence-electron chi connectivity index (χ1n) is 7.21. The molecule has 1 saturated heterocycles. The number of amides is 1. The van der Waals surface area contributed by atoms with Crippen molar-refractivity contribution < 1.29 is 14.6 Å². The minimum atomic E-state index is -0.829. The molecule has 2 rings (SSSR count). The van der Waals surface area contributed by atoms with Gasteiger partial charge in [0.05, 0.1) is 13.2 Å². The molecule has 1 aromatic rings. The fraction of sp³-hybridized carbons (Fsp3) is 0.562. The fourth-order valence-corrected chi connectivity index (χ4v) is 2.78. The van der Waals surface area contributed by atoms with Gasteiger partial charge in [-0.1, -0.05) is 20.8 Å². The zero-order valence-electron chi connectivity index (χ0n) is 13.2. The predicted octanol–water partition coefficient (Wildman–Crippen LogP) is 2.91. The van der Waals surface area contributed by atoms with Crippen LogP contribution >= 0.6 is 0 Å². The highest BCUT2D eigenvalue weighted by atomic mass is 16.5. The molecule has 1 aliphatic rings. The van der Waals surface area contributed by atoms with Crippen LogP contribution in [-0.2, 0) is 0 Å². The SMILES string of the molecule is COc1ccc(N2CCN(C(=O)O)C(C(C)(C)C)C2)cc1. The van der Waals surface area contributed by atoms with Crippen molar-refractivity contribution in [2.24, 2.45) is 5.41 Å². The van der Waals surface area contributed by atoms with E-state index in [1.54, 1.807) is 12.0 Å². The highest BCUT2D eigenvalue weighted by molar-refractivity contribution is 5.66. The zero-order valence-corrected chi connectivity index (χ0v) is 13.2. The Bertz CT molecular complexity index is 493. The number of carboxylic acid groups (broad SMARTS) is 1. The van der Waals surface area contributed by atoms with Gasteiger partial charge in [0.2, 0.25) is 0 Å². The van der Waals surface area contributed by atoms with E-state index in [1.807, 2.05) is 24.3 Å². The number of hydrogen-bond donors (Lipinski definition) is 1. The van der Waals surface area contributed by atoms with Gasteiger partial charge < -0.3 is 19.6 Å². The second kappa shape index (κ2) is 5.84. The minimum absolute atomic E-state index is 0.0224. The highest BCUT2D eigenvalue weighted by Crippen LogP contribution is 2.30. The number of methoxy groups -OCH3 is 1. The Kier molecular flexibility index (Phi) is 4.30. The Morgan fingerprint density at radius 2 is 1.86 bits per heavy atom. The van der Waals surface area contributed by atoms with Crippen molar-refractivity contribution in [2.45, 2.75) is 26.8 Å². The number of rotatable bonds is 2. The first kappa shape index (κ1) is 15.5. The average Bonchev–Trinajstić information content (AvgIpc) is 2.45. The molecule has 0 saturated carbocycles. The molecular formula is C16H24N2O3. The first-order valence-corrected chi connectivity index (χ1v) is 7.21. The predicted molar refractivity (Wildman–Crippen MR) is 83.2 cm³/mol. The topological polar surface area (TPSA) is 53.0 Å². The van der Waals surface area contributed by atoms with Gasteiger partial charge >= 0.3 is 6.09 Å². The molecule has 116 valence electrons. The number of carbonyl (C=O) groups is 1. The van der Waals surface area contributed by atoms with Crippen LogP contribution in [-0.4, -0.2) is 48.9 Å². The molecule has 0 bridgehead atoms. The van der Waals surface area contributed by atoms with E-state index >= 15 is 0 Å². The molecule has 5 heteroatoms. The van der Waals surface area contributed by atoms with Gasteiger partial charge in [0.1, 0.15) is 5.75 Å². The molecule has 1 fully saturated rings. The van der Waals surface area contributed by atoms with E-state index in [0.717, 1.165) is 11.4 Å². The van der Waals surface area contributed by atoms with Crippen LogP contribution in [0.2, 0.25) is 0 Å². The molecule has 1 aromatic carbocycles. The van der Waals surface area contributed by atoms with Crippen molar-refractivity contribution in [2.75, 3.05) is 31.6 Å². The summed E-state index contributed by atoms with van der Waals surface area (Å²) in [5.74, 6) is 0.829. The van der Waals surface area contributed by atoms with E-state index in [-0.39, 0.29) is 11.5 Å². The number of anilines is 1. The van der Waals surface area contributed by atoms with Crippen LogP contribution in [0.4, 0.5) is 10.5 Å². The van der Waals surface area contributed by atoms with Crippen LogP contribution < -0.4 is 9.64 Å². The van der Waals surface area contributed by atoms with Gasteiger partial charge in [-0.2, -0.15) is 0 Å². The van der Waals surface area contributed by atoms with E-state index < -0.39 is 6.09 Å². The summed E-state index contributed by atoms with van der Waals surface area (Å²) in [6.45, 7) is 8.22. The molecule has 1 aliphatic heterocycles. The van der Waals surface area contributed by atoms with Gasteiger partial charge in [0.15, 0.2) is 0 Å². The number of piperazine rings is 1. The summed E-state index contributed by atoms with van der Waals surface area (Å²) in [4.78, 5) is 15.2. The first-order chi connectivity index (χ1) is 9.82. The lowest BCUT2D eigenvalue weighted by Crippen LogP contribution is -2.59.